The van der Waals surface area contributed by atoms with Gasteiger partial charge in [0.1, 0.15) is 10.6 Å². The van der Waals surface area contributed by atoms with Gasteiger partial charge in [-0.25, -0.2) is 8.42 Å². The molecule has 2 aromatic rings. The van der Waals surface area contributed by atoms with Gasteiger partial charge in [-0.1, -0.05) is 29.8 Å². The van der Waals surface area contributed by atoms with Gasteiger partial charge in [0.15, 0.2) is 0 Å². The number of hydrogen-bond donors (Lipinski definition) is 1. The SMILES string of the molecule is COC(=O)CC(NC(=O)c1ccc(OC)c(S(=O)(=O)N2CCCC2)c1)c1ccccc1Cl. The fraction of sp³-hybridized carbons (Fsp3) is 0.364. The third kappa shape index (κ3) is 5.23. The van der Waals surface area contributed by atoms with Crippen molar-refractivity contribution < 1.29 is 27.5 Å². The number of amides is 1. The molecule has 0 radical (unpaired) electrons. The summed E-state index contributed by atoms with van der Waals surface area (Å²) in [6.45, 7) is 0.852. The second kappa shape index (κ2) is 10.3. The molecular formula is C22H25ClN2O6S. The Balaban J connectivity index is 1.93. The van der Waals surface area contributed by atoms with Crippen molar-refractivity contribution in [2.75, 3.05) is 27.3 Å². The number of rotatable bonds is 8. The molecule has 172 valence electrons. The Morgan fingerprint density at radius 1 is 1.12 bits per heavy atom. The number of halogens is 1. The average Bonchev–Trinajstić information content (AvgIpc) is 3.34. The van der Waals surface area contributed by atoms with Gasteiger partial charge < -0.3 is 14.8 Å². The van der Waals surface area contributed by atoms with Crippen LogP contribution >= 0.6 is 11.6 Å². The van der Waals surface area contributed by atoms with E-state index in [0.717, 1.165) is 12.8 Å². The number of hydrogen-bond acceptors (Lipinski definition) is 6. The molecule has 0 spiro atoms. The molecule has 1 atom stereocenters. The van der Waals surface area contributed by atoms with Gasteiger partial charge in [0, 0.05) is 23.7 Å². The lowest BCUT2D eigenvalue weighted by atomic mass is 10.0. The van der Waals surface area contributed by atoms with Gasteiger partial charge in [0.2, 0.25) is 10.0 Å². The summed E-state index contributed by atoms with van der Waals surface area (Å²) in [6.07, 6.45) is 1.44. The number of nitrogens with zero attached hydrogens (tertiary/aromatic N) is 1. The molecule has 0 aliphatic carbocycles. The molecule has 1 aliphatic rings. The maximum Gasteiger partial charge on any atom is 0.307 e. The van der Waals surface area contributed by atoms with E-state index in [1.807, 2.05) is 0 Å². The molecule has 1 amide bonds. The lowest BCUT2D eigenvalue weighted by molar-refractivity contribution is -0.141. The minimum atomic E-state index is -3.81. The highest BCUT2D eigenvalue weighted by molar-refractivity contribution is 7.89. The standard InChI is InChI=1S/C22H25ClN2O6S/c1-30-19-10-9-15(13-20(19)32(28,29)25-11-5-6-12-25)22(27)24-18(14-21(26)31-2)16-7-3-4-8-17(16)23/h3-4,7-10,13,18H,5-6,11-12,14H2,1-2H3,(H,24,27). The number of esters is 1. The van der Waals surface area contributed by atoms with Crippen LogP contribution in [0.25, 0.3) is 0 Å². The van der Waals surface area contributed by atoms with E-state index in [0.29, 0.717) is 23.7 Å². The van der Waals surface area contributed by atoms with Crippen molar-refractivity contribution in [2.45, 2.75) is 30.2 Å². The Morgan fingerprint density at radius 2 is 1.81 bits per heavy atom. The number of sulfonamides is 1. The summed E-state index contributed by atoms with van der Waals surface area (Å²) in [5.74, 6) is -0.924. The number of ether oxygens (including phenoxy) is 2. The van der Waals surface area contributed by atoms with Crippen molar-refractivity contribution in [1.82, 2.24) is 9.62 Å². The zero-order valence-electron chi connectivity index (χ0n) is 17.8. The quantitative estimate of drug-likeness (QED) is 0.582. The zero-order valence-corrected chi connectivity index (χ0v) is 19.4. The fourth-order valence-corrected chi connectivity index (χ4v) is 5.54. The van der Waals surface area contributed by atoms with Crippen LogP contribution in [0.3, 0.4) is 0 Å². The Kier molecular flexibility index (Phi) is 7.76. The van der Waals surface area contributed by atoms with E-state index in [2.05, 4.69) is 5.32 Å². The van der Waals surface area contributed by atoms with Crippen molar-refractivity contribution in [2.24, 2.45) is 0 Å². The molecule has 1 aliphatic heterocycles. The first-order valence-corrected chi connectivity index (χ1v) is 11.9. The smallest absolute Gasteiger partial charge is 0.307 e. The van der Waals surface area contributed by atoms with Gasteiger partial charge in [-0.2, -0.15) is 4.31 Å². The summed E-state index contributed by atoms with van der Waals surface area (Å²) in [5.41, 5.74) is 0.664. The normalized spacial score (nSPS) is 15.2. The predicted octanol–water partition coefficient (Wildman–Crippen LogP) is 3.17. The van der Waals surface area contributed by atoms with E-state index in [4.69, 9.17) is 21.1 Å². The molecule has 1 fully saturated rings. The van der Waals surface area contributed by atoms with Gasteiger partial charge in [-0.3, -0.25) is 9.59 Å². The topological polar surface area (TPSA) is 102 Å². The third-order valence-corrected chi connectivity index (χ3v) is 7.56. The molecule has 0 bridgehead atoms. The van der Waals surface area contributed by atoms with Crippen LogP contribution in [0.2, 0.25) is 5.02 Å². The maximum atomic E-state index is 13.1. The lowest BCUT2D eigenvalue weighted by Crippen LogP contribution is -2.31. The summed E-state index contributed by atoms with van der Waals surface area (Å²) < 4.78 is 37.6. The van der Waals surface area contributed by atoms with Crippen molar-refractivity contribution in [3.63, 3.8) is 0 Å². The monoisotopic (exact) mass is 480 g/mol. The molecule has 32 heavy (non-hydrogen) atoms. The van der Waals surface area contributed by atoms with Crippen LogP contribution < -0.4 is 10.1 Å². The first-order valence-electron chi connectivity index (χ1n) is 10.1. The molecule has 1 saturated heterocycles. The second-order valence-corrected chi connectivity index (χ2v) is 9.62. The third-order valence-electron chi connectivity index (χ3n) is 5.29. The van der Waals surface area contributed by atoms with Gasteiger partial charge in [-0.05, 0) is 42.7 Å². The van der Waals surface area contributed by atoms with E-state index in [1.165, 1.54) is 36.7 Å². The maximum absolute atomic E-state index is 13.1. The van der Waals surface area contributed by atoms with E-state index in [1.54, 1.807) is 24.3 Å². The molecule has 8 nitrogen and oxygen atoms in total. The minimum Gasteiger partial charge on any atom is -0.495 e. The van der Waals surface area contributed by atoms with Gasteiger partial charge in [0.25, 0.3) is 5.91 Å². The summed E-state index contributed by atoms with van der Waals surface area (Å²) in [4.78, 5) is 24.9. The number of carbonyl (C=O) groups is 2. The van der Waals surface area contributed by atoms with Crippen LogP contribution in [0.15, 0.2) is 47.4 Å². The summed E-state index contributed by atoms with van der Waals surface area (Å²) in [7, 11) is -1.18. The van der Waals surface area contributed by atoms with E-state index >= 15 is 0 Å². The van der Waals surface area contributed by atoms with Gasteiger partial charge in [-0.15, -0.1) is 0 Å². The Morgan fingerprint density at radius 3 is 2.44 bits per heavy atom. The van der Waals surface area contributed by atoms with Crippen LogP contribution in [0.4, 0.5) is 0 Å². The second-order valence-electron chi connectivity index (χ2n) is 7.30. The molecule has 10 heteroatoms. The summed E-state index contributed by atoms with van der Waals surface area (Å²) in [5, 5.41) is 3.15. The molecule has 1 N–H and O–H groups in total. The Hall–Kier alpha value is -2.62. The Labute approximate surface area is 192 Å². The summed E-state index contributed by atoms with van der Waals surface area (Å²) >= 11 is 6.27. The predicted molar refractivity (Wildman–Crippen MR) is 119 cm³/mol. The van der Waals surface area contributed by atoms with Crippen molar-refractivity contribution in [1.29, 1.82) is 0 Å². The summed E-state index contributed by atoms with van der Waals surface area (Å²) in [6, 6.07) is 10.3. The highest BCUT2D eigenvalue weighted by Crippen LogP contribution is 2.31. The number of nitrogens with one attached hydrogen (secondary N) is 1. The molecule has 1 unspecified atom stereocenters. The molecule has 0 saturated carbocycles. The van der Waals surface area contributed by atoms with Gasteiger partial charge in [0.05, 0.1) is 26.7 Å². The average molecular weight is 481 g/mol. The van der Waals surface area contributed by atoms with Crippen LogP contribution in [-0.4, -0.2) is 51.9 Å². The molecule has 0 aromatic heterocycles. The minimum absolute atomic E-state index is 0.0724. The zero-order chi connectivity index (χ0) is 23.3. The van der Waals surface area contributed by atoms with Crippen LogP contribution in [-0.2, 0) is 19.6 Å². The lowest BCUT2D eigenvalue weighted by Gasteiger charge is -2.21. The van der Waals surface area contributed by atoms with Crippen molar-refractivity contribution >= 4 is 33.5 Å². The fourth-order valence-electron chi connectivity index (χ4n) is 3.58. The molecule has 1 heterocycles. The van der Waals surface area contributed by atoms with E-state index in [9.17, 15) is 18.0 Å². The Bertz CT molecular complexity index is 1100. The molecule has 2 aromatic carbocycles. The van der Waals surface area contributed by atoms with E-state index < -0.39 is 27.9 Å². The first-order chi connectivity index (χ1) is 15.3. The highest BCUT2D eigenvalue weighted by atomic mass is 35.5. The molecule has 3 rings (SSSR count). The van der Waals surface area contributed by atoms with Crippen LogP contribution in [0, 0.1) is 0 Å². The van der Waals surface area contributed by atoms with Crippen LogP contribution in [0.1, 0.15) is 41.2 Å². The highest BCUT2D eigenvalue weighted by Gasteiger charge is 2.31. The van der Waals surface area contributed by atoms with Crippen molar-refractivity contribution in [3.8, 4) is 5.75 Å². The van der Waals surface area contributed by atoms with Gasteiger partial charge >= 0.3 is 5.97 Å². The van der Waals surface area contributed by atoms with Crippen LogP contribution in [0.5, 0.6) is 5.75 Å². The number of carbonyl (C=O) groups excluding carboxylic acids is 2. The largest absolute Gasteiger partial charge is 0.495 e. The van der Waals surface area contributed by atoms with E-state index in [-0.39, 0.29) is 22.6 Å². The first kappa shape index (κ1) is 24.0. The number of benzene rings is 2. The number of methoxy groups -OCH3 is 2. The van der Waals surface area contributed by atoms with Crippen molar-refractivity contribution in [3.05, 3.63) is 58.6 Å². The molecular weight excluding hydrogens is 456 g/mol.